The number of carbonyl (C=O) groups excluding carboxylic acids is 1. The second kappa shape index (κ2) is 6.75. The van der Waals surface area contributed by atoms with E-state index in [0.717, 1.165) is 63.2 Å². The lowest BCUT2D eigenvalue weighted by molar-refractivity contribution is -0.130. The standard InChI is InChI=1S/C20H28N2O2/c1-15(23)21-9-6-16(7-10-21)13-22(19-3-4-19)14-17-2-5-20-18(12-17)8-11-24-20/h2,5,12,16,19H,3-4,6-11,13-14H2,1H3. The number of carbonyl (C=O) groups is 1. The van der Waals surface area contributed by atoms with Gasteiger partial charge < -0.3 is 9.64 Å². The summed E-state index contributed by atoms with van der Waals surface area (Å²) < 4.78 is 5.62. The Bertz CT molecular complexity index is 604. The fraction of sp³-hybridized carbons (Fsp3) is 0.650. The monoisotopic (exact) mass is 328 g/mol. The molecular weight excluding hydrogens is 300 g/mol. The van der Waals surface area contributed by atoms with Gasteiger partial charge in [-0.25, -0.2) is 0 Å². The molecule has 1 amide bonds. The molecule has 0 bridgehead atoms. The quantitative estimate of drug-likeness (QED) is 0.833. The third-order valence-corrected chi connectivity index (χ3v) is 5.76. The van der Waals surface area contributed by atoms with Gasteiger partial charge in [-0.2, -0.15) is 0 Å². The van der Waals surface area contributed by atoms with E-state index in [4.69, 9.17) is 4.74 Å². The Kier molecular flexibility index (Phi) is 4.49. The smallest absolute Gasteiger partial charge is 0.219 e. The van der Waals surface area contributed by atoms with Crippen LogP contribution in [0.5, 0.6) is 5.75 Å². The topological polar surface area (TPSA) is 32.8 Å². The largest absolute Gasteiger partial charge is 0.493 e. The van der Waals surface area contributed by atoms with Crippen molar-refractivity contribution in [2.75, 3.05) is 26.2 Å². The van der Waals surface area contributed by atoms with E-state index in [-0.39, 0.29) is 5.91 Å². The van der Waals surface area contributed by atoms with Crippen molar-refractivity contribution in [2.45, 2.75) is 51.6 Å². The number of fused-ring (bicyclic) bond motifs is 1. The van der Waals surface area contributed by atoms with Gasteiger partial charge in [-0.1, -0.05) is 12.1 Å². The molecule has 0 atom stereocenters. The first-order chi connectivity index (χ1) is 11.7. The van der Waals surface area contributed by atoms with Crippen molar-refractivity contribution in [1.29, 1.82) is 0 Å². The van der Waals surface area contributed by atoms with Crippen LogP contribution < -0.4 is 4.74 Å². The second-order valence-corrected chi connectivity index (χ2v) is 7.65. The summed E-state index contributed by atoms with van der Waals surface area (Å²) in [6.07, 6.45) is 6.05. The lowest BCUT2D eigenvalue weighted by Crippen LogP contribution is -2.41. The Labute approximate surface area is 144 Å². The molecule has 1 aliphatic carbocycles. The van der Waals surface area contributed by atoms with Crippen molar-refractivity contribution < 1.29 is 9.53 Å². The lowest BCUT2D eigenvalue weighted by Gasteiger charge is -2.34. The van der Waals surface area contributed by atoms with Gasteiger partial charge in [0.25, 0.3) is 0 Å². The molecule has 1 saturated heterocycles. The molecule has 0 spiro atoms. The predicted octanol–water partition coefficient (Wildman–Crippen LogP) is 2.84. The van der Waals surface area contributed by atoms with Crippen molar-refractivity contribution >= 4 is 5.91 Å². The maximum absolute atomic E-state index is 11.5. The van der Waals surface area contributed by atoms with E-state index in [0.29, 0.717) is 0 Å². The Morgan fingerprint density at radius 2 is 2.04 bits per heavy atom. The van der Waals surface area contributed by atoms with Crippen molar-refractivity contribution in [3.05, 3.63) is 29.3 Å². The predicted molar refractivity (Wildman–Crippen MR) is 94.1 cm³/mol. The van der Waals surface area contributed by atoms with Crippen LogP contribution in [0.15, 0.2) is 18.2 Å². The summed E-state index contributed by atoms with van der Waals surface area (Å²) >= 11 is 0. The number of benzene rings is 1. The number of rotatable bonds is 5. The number of ether oxygens (including phenoxy) is 1. The molecule has 4 nitrogen and oxygen atoms in total. The lowest BCUT2D eigenvalue weighted by atomic mass is 9.95. The highest BCUT2D eigenvalue weighted by atomic mass is 16.5. The fourth-order valence-electron chi connectivity index (χ4n) is 4.12. The summed E-state index contributed by atoms with van der Waals surface area (Å²) in [6.45, 7) is 6.65. The van der Waals surface area contributed by atoms with Crippen LogP contribution in [0.3, 0.4) is 0 Å². The molecular formula is C20H28N2O2. The van der Waals surface area contributed by atoms with Gasteiger partial charge in [0.1, 0.15) is 5.75 Å². The maximum atomic E-state index is 11.5. The molecule has 2 heterocycles. The van der Waals surface area contributed by atoms with Gasteiger partial charge in [0.05, 0.1) is 6.61 Å². The van der Waals surface area contributed by atoms with Gasteiger partial charge in [0.15, 0.2) is 0 Å². The van der Waals surface area contributed by atoms with Crippen LogP contribution in [-0.2, 0) is 17.8 Å². The average molecular weight is 328 g/mol. The van der Waals surface area contributed by atoms with Crippen molar-refractivity contribution in [3.8, 4) is 5.75 Å². The summed E-state index contributed by atoms with van der Waals surface area (Å²) in [7, 11) is 0. The normalized spacial score (nSPS) is 21.0. The molecule has 1 aromatic carbocycles. The highest BCUT2D eigenvalue weighted by Gasteiger charge is 2.32. The molecule has 0 unspecified atom stereocenters. The zero-order valence-electron chi connectivity index (χ0n) is 14.7. The number of amides is 1. The molecule has 2 fully saturated rings. The zero-order chi connectivity index (χ0) is 16.5. The highest BCUT2D eigenvalue weighted by molar-refractivity contribution is 5.73. The summed E-state index contributed by atoms with van der Waals surface area (Å²) in [5, 5.41) is 0. The third kappa shape index (κ3) is 3.59. The van der Waals surface area contributed by atoms with Crippen molar-refractivity contribution in [1.82, 2.24) is 9.80 Å². The maximum Gasteiger partial charge on any atom is 0.219 e. The van der Waals surface area contributed by atoms with Crippen LogP contribution >= 0.6 is 0 Å². The number of hydrogen-bond acceptors (Lipinski definition) is 3. The van der Waals surface area contributed by atoms with Crippen LogP contribution in [0.25, 0.3) is 0 Å². The van der Waals surface area contributed by atoms with Crippen LogP contribution in [0, 0.1) is 5.92 Å². The summed E-state index contributed by atoms with van der Waals surface area (Å²) in [5.41, 5.74) is 2.80. The number of piperidine rings is 1. The summed E-state index contributed by atoms with van der Waals surface area (Å²) in [4.78, 5) is 16.2. The molecule has 4 heteroatoms. The van der Waals surface area contributed by atoms with Crippen molar-refractivity contribution in [2.24, 2.45) is 5.92 Å². The Hall–Kier alpha value is -1.55. The van der Waals surface area contributed by atoms with Gasteiger partial charge in [-0.3, -0.25) is 9.69 Å². The van der Waals surface area contributed by atoms with E-state index in [1.807, 2.05) is 4.90 Å². The molecule has 0 aromatic heterocycles. The van der Waals surface area contributed by atoms with E-state index in [1.54, 1.807) is 6.92 Å². The Morgan fingerprint density at radius 3 is 2.75 bits per heavy atom. The van der Waals surface area contributed by atoms with Crippen LogP contribution in [-0.4, -0.2) is 48.0 Å². The Morgan fingerprint density at radius 1 is 1.25 bits per heavy atom. The minimum absolute atomic E-state index is 0.229. The molecule has 1 aromatic rings. The van der Waals surface area contributed by atoms with E-state index >= 15 is 0 Å². The highest BCUT2D eigenvalue weighted by Crippen LogP contribution is 2.32. The Balaban J connectivity index is 1.36. The molecule has 3 aliphatic rings. The number of likely N-dealkylation sites (tertiary alicyclic amines) is 1. The average Bonchev–Trinajstić information content (AvgIpc) is 3.33. The van der Waals surface area contributed by atoms with Crippen molar-refractivity contribution in [3.63, 3.8) is 0 Å². The fourth-order valence-corrected chi connectivity index (χ4v) is 4.12. The van der Waals surface area contributed by atoms with Gasteiger partial charge in [0.2, 0.25) is 5.91 Å². The van der Waals surface area contributed by atoms with Gasteiger partial charge >= 0.3 is 0 Å². The van der Waals surface area contributed by atoms with Gasteiger partial charge in [-0.15, -0.1) is 0 Å². The van der Waals surface area contributed by atoms with Gasteiger partial charge in [0, 0.05) is 45.6 Å². The minimum atomic E-state index is 0.229. The van der Waals surface area contributed by atoms with E-state index < -0.39 is 0 Å². The molecule has 130 valence electrons. The molecule has 24 heavy (non-hydrogen) atoms. The molecule has 4 rings (SSSR count). The SMILES string of the molecule is CC(=O)N1CCC(CN(Cc2ccc3c(c2)CCO3)C2CC2)CC1. The molecule has 0 N–H and O–H groups in total. The zero-order valence-corrected chi connectivity index (χ0v) is 14.7. The first kappa shape index (κ1) is 15.9. The molecule has 1 saturated carbocycles. The third-order valence-electron chi connectivity index (χ3n) is 5.76. The van der Waals surface area contributed by atoms with Gasteiger partial charge in [-0.05, 0) is 48.8 Å². The summed E-state index contributed by atoms with van der Waals surface area (Å²) in [6, 6.07) is 7.50. The second-order valence-electron chi connectivity index (χ2n) is 7.65. The van der Waals surface area contributed by atoms with Crippen LogP contribution in [0.4, 0.5) is 0 Å². The van der Waals surface area contributed by atoms with Crippen LogP contribution in [0.2, 0.25) is 0 Å². The van der Waals surface area contributed by atoms with E-state index in [1.165, 1.54) is 30.5 Å². The van der Waals surface area contributed by atoms with E-state index in [2.05, 4.69) is 23.1 Å². The van der Waals surface area contributed by atoms with E-state index in [9.17, 15) is 4.79 Å². The first-order valence-corrected chi connectivity index (χ1v) is 9.43. The summed E-state index contributed by atoms with van der Waals surface area (Å²) in [5.74, 6) is 2.04. The number of hydrogen-bond donors (Lipinski definition) is 0. The minimum Gasteiger partial charge on any atom is -0.493 e. The molecule has 0 radical (unpaired) electrons. The first-order valence-electron chi connectivity index (χ1n) is 9.43. The number of nitrogens with zero attached hydrogens (tertiary/aromatic N) is 2. The van der Waals surface area contributed by atoms with Crippen LogP contribution in [0.1, 0.15) is 43.7 Å². The molecule has 2 aliphatic heterocycles.